The van der Waals surface area contributed by atoms with E-state index in [2.05, 4.69) is 5.32 Å². The van der Waals surface area contributed by atoms with E-state index in [1.165, 1.54) is 12.1 Å². The Morgan fingerprint density at radius 1 is 0.966 bits per heavy atom. The third-order valence-electron chi connectivity index (χ3n) is 5.14. The third kappa shape index (κ3) is 7.00. The van der Waals surface area contributed by atoms with E-state index in [1.807, 2.05) is 51.1 Å². The summed E-state index contributed by atoms with van der Waals surface area (Å²) in [6.45, 7) is 6.34. The first-order valence-corrected chi connectivity index (χ1v) is 10.3. The Labute approximate surface area is 173 Å². The molecule has 2 rings (SSSR count). The van der Waals surface area contributed by atoms with Crippen LogP contribution >= 0.6 is 0 Å². The van der Waals surface area contributed by atoms with E-state index < -0.39 is 6.04 Å². The zero-order chi connectivity index (χ0) is 21.2. The van der Waals surface area contributed by atoms with Gasteiger partial charge in [-0.25, -0.2) is 4.39 Å². The van der Waals surface area contributed by atoms with Gasteiger partial charge in [0.15, 0.2) is 0 Å². The second kappa shape index (κ2) is 11.3. The number of nitrogens with one attached hydrogen (secondary N) is 1. The van der Waals surface area contributed by atoms with Crippen LogP contribution in [-0.4, -0.2) is 35.3 Å². The molecule has 5 heteroatoms. The molecule has 2 amide bonds. The summed E-state index contributed by atoms with van der Waals surface area (Å²) in [7, 11) is 0. The number of halogens is 1. The van der Waals surface area contributed by atoms with E-state index in [0.29, 0.717) is 19.4 Å². The highest BCUT2D eigenvalue weighted by Crippen LogP contribution is 2.13. The molecule has 0 fully saturated rings. The van der Waals surface area contributed by atoms with Crippen molar-refractivity contribution in [3.63, 3.8) is 0 Å². The minimum atomic E-state index is -0.527. The highest BCUT2D eigenvalue weighted by molar-refractivity contribution is 5.88. The molecular weight excluding hydrogens is 367 g/mol. The Balaban J connectivity index is 2.18. The van der Waals surface area contributed by atoms with E-state index in [-0.39, 0.29) is 30.1 Å². The van der Waals surface area contributed by atoms with Gasteiger partial charge in [0.2, 0.25) is 11.8 Å². The summed E-state index contributed by atoms with van der Waals surface area (Å²) < 4.78 is 13.2. The fourth-order valence-electron chi connectivity index (χ4n) is 3.22. The maximum Gasteiger partial charge on any atom is 0.243 e. The molecule has 0 unspecified atom stereocenters. The van der Waals surface area contributed by atoms with Gasteiger partial charge in [-0.1, -0.05) is 56.3 Å². The summed E-state index contributed by atoms with van der Waals surface area (Å²) in [6.07, 6.45) is 2.17. The lowest BCUT2D eigenvalue weighted by Crippen LogP contribution is -2.52. The van der Waals surface area contributed by atoms with Gasteiger partial charge in [0.1, 0.15) is 11.9 Å². The molecule has 4 nitrogen and oxygen atoms in total. The van der Waals surface area contributed by atoms with E-state index in [9.17, 15) is 14.0 Å². The van der Waals surface area contributed by atoms with Crippen LogP contribution in [0.4, 0.5) is 4.39 Å². The average Bonchev–Trinajstić information content (AvgIpc) is 2.73. The Kier molecular flexibility index (Phi) is 8.84. The Morgan fingerprint density at radius 3 is 2.21 bits per heavy atom. The average molecular weight is 399 g/mol. The monoisotopic (exact) mass is 398 g/mol. The van der Waals surface area contributed by atoms with Crippen LogP contribution in [-0.2, 0) is 22.4 Å². The first kappa shape index (κ1) is 22.6. The fraction of sp³-hybridized carbons (Fsp3) is 0.417. The second-order valence-corrected chi connectivity index (χ2v) is 7.37. The summed E-state index contributed by atoms with van der Waals surface area (Å²) >= 11 is 0. The van der Waals surface area contributed by atoms with Gasteiger partial charge in [0.25, 0.3) is 0 Å². The number of carbonyl (C=O) groups excluding carboxylic acids is 2. The predicted molar refractivity (Wildman–Crippen MR) is 114 cm³/mol. The molecule has 2 aromatic carbocycles. The number of rotatable bonds is 10. The highest BCUT2D eigenvalue weighted by atomic mass is 19.1. The molecule has 0 aliphatic rings. The first-order valence-electron chi connectivity index (χ1n) is 10.3. The van der Waals surface area contributed by atoms with Crippen LogP contribution in [0, 0.1) is 5.82 Å². The van der Waals surface area contributed by atoms with E-state index in [4.69, 9.17) is 0 Å². The van der Waals surface area contributed by atoms with Crippen LogP contribution in [0.3, 0.4) is 0 Å². The molecule has 1 N–H and O–H groups in total. The Bertz CT molecular complexity index is 777. The minimum Gasteiger partial charge on any atom is -0.352 e. The largest absolute Gasteiger partial charge is 0.352 e. The van der Waals surface area contributed by atoms with Gasteiger partial charge in [-0.2, -0.15) is 0 Å². The fourth-order valence-corrected chi connectivity index (χ4v) is 3.22. The Morgan fingerprint density at radius 2 is 1.62 bits per heavy atom. The molecule has 2 atom stereocenters. The molecule has 0 bridgehead atoms. The summed E-state index contributed by atoms with van der Waals surface area (Å²) in [5, 5.41) is 3.00. The molecule has 0 radical (unpaired) electrons. The number of carbonyl (C=O) groups is 2. The minimum absolute atomic E-state index is 0.0553. The van der Waals surface area contributed by atoms with Gasteiger partial charge in [0.05, 0.1) is 6.42 Å². The molecule has 0 saturated heterocycles. The van der Waals surface area contributed by atoms with E-state index >= 15 is 0 Å². The molecule has 0 heterocycles. The van der Waals surface area contributed by atoms with Crippen molar-refractivity contribution in [2.45, 2.75) is 58.5 Å². The molecule has 0 saturated carbocycles. The number of nitrogens with zero attached hydrogens (tertiary/aromatic N) is 1. The standard InChI is InChI=1S/C24H31FN2O2/c1-4-18(3)26-24(29)22(5-2)27(16-15-19-9-7-6-8-10-19)23(28)17-20-11-13-21(25)14-12-20/h6-14,18,22H,4-5,15-17H2,1-3H3,(H,26,29)/t18-,22-/m0/s1. The number of hydrogen-bond donors (Lipinski definition) is 1. The number of amides is 2. The van der Waals surface area contributed by atoms with Gasteiger partial charge in [-0.15, -0.1) is 0 Å². The van der Waals surface area contributed by atoms with Crippen molar-refractivity contribution in [2.75, 3.05) is 6.54 Å². The van der Waals surface area contributed by atoms with Crippen LogP contribution in [0.1, 0.15) is 44.7 Å². The van der Waals surface area contributed by atoms with E-state index in [1.54, 1.807) is 17.0 Å². The smallest absolute Gasteiger partial charge is 0.243 e. The quantitative estimate of drug-likeness (QED) is 0.654. The SMILES string of the molecule is CC[C@H](C)NC(=O)[C@H](CC)N(CCc1ccccc1)C(=O)Cc1ccc(F)cc1. The van der Waals surface area contributed by atoms with Gasteiger partial charge in [0, 0.05) is 12.6 Å². The molecular formula is C24H31FN2O2. The third-order valence-corrected chi connectivity index (χ3v) is 5.14. The van der Waals surface area contributed by atoms with Crippen molar-refractivity contribution in [3.05, 3.63) is 71.5 Å². The molecule has 156 valence electrons. The summed E-state index contributed by atoms with van der Waals surface area (Å²) in [4.78, 5) is 27.6. The number of benzene rings is 2. The zero-order valence-electron chi connectivity index (χ0n) is 17.5. The van der Waals surface area contributed by atoms with Gasteiger partial charge < -0.3 is 10.2 Å². The zero-order valence-corrected chi connectivity index (χ0v) is 17.5. The van der Waals surface area contributed by atoms with Crippen LogP contribution in [0.5, 0.6) is 0 Å². The highest BCUT2D eigenvalue weighted by Gasteiger charge is 2.28. The van der Waals surface area contributed by atoms with Crippen molar-refractivity contribution in [2.24, 2.45) is 0 Å². The topological polar surface area (TPSA) is 49.4 Å². The first-order chi connectivity index (χ1) is 13.9. The van der Waals surface area contributed by atoms with Crippen molar-refractivity contribution >= 4 is 11.8 Å². The molecule has 2 aromatic rings. The van der Waals surface area contributed by atoms with Crippen molar-refractivity contribution in [1.29, 1.82) is 0 Å². The second-order valence-electron chi connectivity index (χ2n) is 7.37. The maximum atomic E-state index is 13.2. The summed E-state index contributed by atoms with van der Waals surface area (Å²) in [5.41, 5.74) is 1.85. The molecule has 29 heavy (non-hydrogen) atoms. The summed E-state index contributed by atoms with van der Waals surface area (Å²) in [6, 6.07) is 15.4. The van der Waals surface area contributed by atoms with Crippen LogP contribution in [0.25, 0.3) is 0 Å². The lowest BCUT2D eigenvalue weighted by molar-refractivity contribution is -0.140. The van der Waals surface area contributed by atoms with Gasteiger partial charge >= 0.3 is 0 Å². The van der Waals surface area contributed by atoms with Gasteiger partial charge in [-0.05, 0) is 49.4 Å². The van der Waals surface area contributed by atoms with Crippen molar-refractivity contribution in [1.82, 2.24) is 10.2 Å². The van der Waals surface area contributed by atoms with Crippen molar-refractivity contribution < 1.29 is 14.0 Å². The lowest BCUT2D eigenvalue weighted by Gasteiger charge is -2.31. The van der Waals surface area contributed by atoms with Crippen molar-refractivity contribution in [3.8, 4) is 0 Å². The molecule has 0 aromatic heterocycles. The lowest BCUT2D eigenvalue weighted by atomic mass is 10.1. The predicted octanol–water partition coefficient (Wildman–Crippen LogP) is 4.13. The van der Waals surface area contributed by atoms with Crippen LogP contribution < -0.4 is 5.32 Å². The van der Waals surface area contributed by atoms with E-state index in [0.717, 1.165) is 17.5 Å². The summed E-state index contributed by atoms with van der Waals surface area (Å²) in [5.74, 6) is -0.581. The Hall–Kier alpha value is -2.69. The van der Waals surface area contributed by atoms with Gasteiger partial charge in [-0.3, -0.25) is 9.59 Å². The molecule has 0 aliphatic heterocycles. The number of hydrogen-bond acceptors (Lipinski definition) is 2. The maximum absolute atomic E-state index is 13.2. The van der Waals surface area contributed by atoms with Crippen LogP contribution in [0.2, 0.25) is 0 Å². The van der Waals surface area contributed by atoms with Crippen LogP contribution in [0.15, 0.2) is 54.6 Å². The molecule has 0 aliphatic carbocycles. The molecule has 0 spiro atoms. The normalized spacial score (nSPS) is 12.8.